The molecule has 0 heterocycles. The maximum Gasteiger partial charge on any atom is 0.173 e. The first-order valence-corrected chi connectivity index (χ1v) is 3.56. The molecule has 10 heavy (non-hydrogen) atoms. The first-order valence-electron chi connectivity index (χ1n) is 3.56. The predicted molar refractivity (Wildman–Crippen MR) is 39.5 cm³/mol. The van der Waals surface area contributed by atoms with E-state index in [4.69, 9.17) is 10.5 Å². The number of ether oxygens (including phenoxy) is 1. The van der Waals surface area contributed by atoms with Crippen LogP contribution in [-0.2, 0) is 9.53 Å². The zero-order chi connectivity index (χ0) is 7.98. The molecule has 0 radical (unpaired) electrons. The van der Waals surface area contributed by atoms with Crippen LogP contribution in [0.3, 0.4) is 0 Å². The zero-order valence-corrected chi connectivity index (χ0v) is 6.59. The number of unbranched alkanes of at least 4 members (excludes halogenated alkanes) is 1. The molecular weight excluding hydrogens is 130 g/mol. The Morgan fingerprint density at radius 3 is 2.70 bits per heavy atom. The van der Waals surface area contributed by atoms with Gasteiger partial charge in [0.25, 0.3) is 0 Å². The lowest BCUT2D eigenvalue weighted by Crippen LogP contribution is -2.31. The van der Waals surface area contributed by atoms with Gasteiger partial charge in [-0.05, 0) is 13.3 Å². The van der Waals surface area contributed by atoms with E-state index < -0.39 is 6.23 Å². The van der Waals surface area contributed by atoms with Gasteiger partial charge in [0.15, 0.2) is 12.0 Å². The van der Waals surface area contributed by atoms with Crippen molar-refractivity contribution in [3.05, 3.63) is 0 Å². The first-order chi connectivity index (χ1) is 4.68. The maximum atomic E-state index is 10.5. The number of rotatable bonds is 5. The summed E-state index contributed by atoms with van der Waals surface area (Å²) in [6.45, 7) is 4.07. The molecule has 0 aromatic rings. The Kier molecular flexibility index (Phi) is 5.16. The van der Waals surface area contributed by atoms with E-state index in [0.717, 1.165) is 12.8 Å². The molecule has 0 aliphatic carbocycles. The molecule has 0 saturated heterocycles. The van der Waals surface area contributed by atoms with Gasteiger partial charge < -0.3 is 4.74 Å². The summed E-state index contributed by atoms with van der Waals surface area (Å²) >= 11 is 0. The molecule has 3 heteroatoms. The fraction of sp³-hybridized carbons (Fsp3) is 0.857. The van der Waals surface area contributed by atoms with Gasteiger partial charge in [-0.25, -0.2) is 0 Å². The summed E-state index contributed by atoms with van der Waals surface area (Å²) in [5.41, 5.74) is 5.29. The van der Waals surface area contributed by atoms with E-state index in [2.05, 4.69) is 6.92 Å². The smallest absolute Gasteiger partial charge is 0.173 e. The van der Waals surface area contributed by atoms with Crippen LogP contribution in [0.25, 0.3) is 0 Å². The summed E-state index contributed by atoms with van der Waals surface area (Å²) in [5.74, 6) is -0.115. The van der Waals surface area contributed by atoms with Crippen molar-refractivity contribution >= 4 is 5.78 Å². The molecule has 0 aromatic carbocycles. The number of ketones is 1. The maximum absolute atomic E-state index is 10.5. The van der Waals surface area contributed by atoms with E-state index in [9.17, 15) is 4.79 Å². The number of carbonyl (C=O) groups is 1. The molecule has 0 unspecified atom stereocenters. The summed E-state index contributed by atoms with van der Waals surface area (Å²) in [6.07, 6.45) is 1.30. The van der Waals surface area contributed by atoms with Crippen LogP contribution < -0.4 is 5.73 Å². The van der Waals surface area contributed by atoms with Crippen molar-refractivity contribution in [1.82, 2.24) is 0 Å². The third-order valence-corrected chi connectivity index (χ3v) is 1.20. The van der Waals surface area contributed by atoms with E-state index in [1.165, 1.54) is 6.92 Å². The standard InChI is InChI=1S/C7H15NO2/c1-3-4-5-10-7(8)6(2)9/h7H,3-5,8H2,1-2H3/t7-/m1/s1. The minimum atomic E-state index is -0.716. The second-order valence-corrected chi connectivity index (χ2v) is 2.26. The van der Waals surface area contributed by atoms with Crippen molar-refractivity contribution in [3.63, 3.8) is 0 Å². The molecule has 0 aromatic heterocycles. The summed E-state index contributed by atoms with van der Waals surface area (Å²) in [5, 5.41) is 0. The summed E-state index contributed by atoms with van der Waals surface area (Å²) < 4.78 is 4.97. The van der Waals surface area contributed by atoms with Gasteiger partial charge in [0.2, 0.25) is 0 Å². The topological polar surface area (TPSA) is 52.3 Å². The van der Waals surface area contributed by atoms with Crippen LogP contribution in [0.4, 0.5) is 0 Å². The third-order valence-electron chi connectivity index (χ3n) is 1.20. The van der Waals surface area contributed by atoms with Crippen LogP contribution in [0, 0.1) is 0 Å². The number of nitrogens with two attached hydrogens (primary N) is 1. The highest BCUT2D eigenvalue weighted by Crippen LogP contribution is 1.90. The molecule has 60 valence electrons. The van der Waals surface area contributed by atoms with Crippen LogP contribution in [0.2, 0.25) is 0 Å². The highest BCUT2D eigenvalue weighted by Gasteiger charge is 2.05. The van der Waals surface area contributed by atoms with Crippen molar-refractivity contribution in [2.24, 2.45) is 5.73 Å². The quantitative estimate of drug-likeness (QED) is 0.457. The number of hydrogen-bond acceptors (Lipinski definition) is 3. The van der Waals surface area contributed by atoms with Crippen LogP contribution in [0.1, 0.15) is 26.7 Å². The van der Waals surface area contributed by atoms with Crippen LogP contribution >= 0.6 is 0 Å². The third kappa shape index (κ3) is 4.47. The molecule has 0 spiro atoms. The zero-order valence-electron chi connectivity index (χ0n) is 6.59. The monoisotopic (exact) mass is 145 g/mol. The first kappa shape index (κ1) is 9.59. The van der Waals surface area contributed by atoms with Gasteiger partial charge in [0, 0.05) is 6.61 Å². The molecule has 0 amide bonds. The Morgan fingerprint density at radius 2 is 2.30 bits per heavy atom. The van der Waals surface area contributed by atoms with Gasteiger partial charge in [0.1, 0.15) is 0 Å². The molecule has 3 nitrogen and oxygen atoms in total. The van der Waals surface area contributed by atoms with Crippen molar-refractivity contribution in [3.8, 4) is 0 Å². The molecule has 0 rings (SSSR count). The molecule has 0 saturated carbocycles. The number of Topliss-reactive ketones (excluding diaryl/α,β-unsaturated/α-hetero) is 1. The number of hydrogen-bond donors (Lipinski definition) is 1. The minimum absolute atomic E-state index is 0.115. The molecule has 0 bridgehead atoms. The minimum Gasteiger partial charge on any atom is -0.356 e. The second-order valence-electron chi connectivity index (χ2n) is 2.26. The van der Waals surface area contributed by atoms with Gasteiger partial charge in [0.05, 0.1) is 0 Å². The average Bonchev–Trinajstić information content (AvgIpc) is 1.88. The van der Waals surface area contributed by atoms with Crippen molar-refractivity contribution in [2.75, 3.05) is 6.61 Å². The van der Waals surface area contributed by atoms with Crippen molar-refractivity contribution in [2.45, 2.75) is 32.9 Å². The van der Waals surface area contributed by atoms with Crippen LogP contribution in [0.15, 0.2) is 0 Å². The highest BCUT2D eigenvalue weighted by molar-refractivity contribution is 5.79. The molecule has 2 N–H and O–H groups in total. The van der Waals surface area contributed by atoms with E-state index in [-0.39, 0.29) is 5.78 Å². The van der Waals surface area contributed by atoms with E-state index in [0.29, 0.717) is 6.61 Å². The molecule has 0 aliphatic rings. The fourth-order valence-corrected chi connectivity index (χ4v) is 0.472. The van der Waals surface area contributed by atoms with E-state index in [1.54, 1.807) is 0 Å². The van der Waals surface area contributed by atoms with Crippen LogP contribution in [0.5, 0.6) is 0 Å². The van der Waals surface area contributed by atoms with Gasteiger partial charge in [-0.15, -0.1) is 0 Å². The fourth-order valence-electron chi connectivity index (χ4n) is 0.472. The van der Waals surface area contributed by atoms with Crippen LogP contribution in [-0.4, -0.2) is 18.6 Å². The normalized spacial score (nSPS) is 13.1. The Balaban J connectivity index is 3.21. The molecule has 0 aliphatic heterocycles. The van der Waals surface area contributed by atoms with Gasteiger partial charge >= 0.3 is 0 Å². The van der Waals surface area contributed by atoms with Crippen molar-refractivity contribution < 1.29 is 9.53 Å². The second kappa shape index (κ2) is 5.38. The van der Waals surface area contributed by atoms with E-state index in [1.807, 2.05) is 0 Å². The lowest BCUT2D eigenvalue weighted by atomic mass is 10.3. The Labute approximate surface area is 61.5 Å². The Bertz CT molecular complexity index is 104. The largest absolute Gasteiger partial charge is 0.356 e. The van der Waals surface area contributed by atoms with Gasteiger partial charge in [-0.1, -0.05) is 13.3 Å². The Hall–Kier alpha value is -0.410. The lowest BCUT2D eigenvalue weighted by molar-refractivity contribution is -0.128. The highest BCUT2D eigenvalue weighted by atomic mass is 16.5. The Morgan fingerprint density at radius 1 is 1.70 bits per heavy atom. The number of carbonyl (C=O) groups excluding carboxylic acids is 1. The molecule has 0 fully saturated rings. The summed E-state index contributed by atoms with van der Waals surface area (Å²) in [6, 6.07) is 0. The van der Waals surface area contributed by atoms with Crippen molar-refractivity contribution in [1.29, 1.82) is 0 Å². The summed E-state index contributed by atoms with van der Waals surface area (Å²) in [7, 11) is 0. The SMILES string of the molecule is CCCCO[C@@H](N)C(C)=O. The van der Waals surface area contributed by atoms with Gasteiger partial charge in [-0.2, -0.15) is 0 Å². The molecular formula is C7H15NO2. The average molecular weight is 145 g/mol. The predicted octanol–water partition coefficient (Wildman–Crippen LogP) is 0.677. The molecule has 1 atom stereocenters. The van der Waals surface area contributed by atoms with E-state index >= 15 is 0 Å². The lowest BCUT2D eigenvalue weighted by Gasteiger charge is -2.07. The summed E-state index contributed by atoms with van der Waals surface area (Å²) in [4.78, 5) is 10.5. The van der Waals surface area contributed by atoms with Gasteiger partial charge in [-0.3, -0.25) is 10.5 Å².